The summed E-state index contributed by atoms with van der Waals surface area (Å²) in [5.41, 5.74) is 2.96. The molecule has 126 valence electrons. The van der Waals surface area contributed by atoms with Crippen molar-refractivity contribution in [3.63, 3.8) is 0 Å². The Balaban J connectivity index is 1.56. The molecular formula is C20H17BrN2OS. The summed E-state index contributed by atoms with van der Waals surface area (Å²) < 4.78 is 3.09. The summed E-state index contributed by atoms with van der Waals surface area (Å²) in [5, 5.41) is 0.0877. The quantitative estimate of drug-likeness (QED) is 0.595. The molecule has 25 heavy (non-hydrogen) atoms. The molecule has 1 aliphatic heterocycles. The van der Waals surface area contributed by atoms with Crippen molar-refractivity contribution in [2.45, 2.75) is 5.37 Å². The van der Waals surface area contributed by atoms with Gasteiger partial charge in [0.25, 0.3) is 5.91 Å². The molecule has 0 bridgehead atoms. The molecule has 2 aromatic carbocycles. The lowest BCUT2D eigenvalue weighted by molar-refractivity contribution is 0.0760. The van der Waals surface area contributed by atoms with Gasteiger partial charge in [-0.2, -0.15) is 0 Å². The van der Waals surface area contributed by atoms with Crippen LogP contribution in [0.4, 0.5) is 0 Å². The average molecular weight is 413 g/mol. The SMILES string of the molecule is O=C(c1ccc(-n2cccc2)cc1)N1CCSC1c1ccc(Br)cc1. The van der Waals surface area contributed by atoms with Crippen LogP contribution in [0.3, 0.4) is 0 Å². The molecule has 3 nitrogen and oxygen atoms in total. The van der Waals surface area contributed by atoms with Crippen LogP contribution in [-0.4, -0.2) is 27.7 Å². The van der Waals surface area contributed by atoms with E-state index >= 15 is 0 Å². The maximum Gasteiger partial charge on any atom is 0.255 e. The number of aromatic nitrogens is 1. The number of nitrogens with zero attached hydrogens (tertiary/aromatic N) is 2. The Bertz CT molecular complexity index is 860. The number of benzene rings is 2. The molecule has 0 spiro atoms. The second kappa shape index (κ2) is 7.10. The third kappa shape index (κ3) is 3.39. The van der Waals surface area contributed by atoms with Crippen LogP contribution < -0.4 is 0 Å². The van der Waals surface area contributed by atoms with Crippen molar-refractivity contribution in [3.8, 4) is 5.69 Å². The van der Waals surface area contributed by atoms with Crippen molar-refractivity contribution in [1.82, 2.24) is 9.47 Å². The number of hydrogen-bond donors (Lipinski definition) is 0. The van der Waals surface area contributed by atoms with E-state index in [0.29, 0.717) is 0 Å². The summed E-state index contributed by atoms with van der Waals surface area (Å²) in [6.07, 6.45) is 4.00. The minimum Gasteiger partial charge on any atom is -0.324 e. The zero-order chi connectivity index (χ0) is 17.2. The highest BCUT2D eigenvalue weighted by atomic mass is 79.9. The standard InChI is InChI=1S/C20H17BrN2OS/c21-17-7-3-16(4-8-17)20-23(13-14-25-20)19(24)15-5-9-18(10-6-15)22-11-1-2-12-22/h1-12,20H,13-14H2. The van der Waals surface area contributed by atoms with E-state index in [9.17, 15) is 4.79 Å². The molecule has 3 aromatic rings. The lowest BCUT2D eigenvalue weighted by Gasteiger charge is -2.24. The Morgan fingerprint density at radius 1 is 1.00 bits per heavy atom. The molecular weight excluding hydrogens is 396 g/mol. The van der Waals surface area contributed by atoms with Crippen LogP contribution in [0.25, 0.3) is 5.69 Å². The second-order valence-electron chi connectivity index (χ2n) is 5.91. The molecule has 1 unspecified atom stereocenters. The monoisotopic (exact) mass is 412 g/mol. The van der Waals surface area contributed by atoms with E-state index in [4.69, 9.17) is 0 Å². The highest BCUT2D eigenvalue weighted by Gasteiger charge is 2.31. The van der Waals surface area contributed by atoms with Gasteiger partial charge in [-0.15, -0.1) is 11.8 Å². The third-order valence-electron chi connectivity index (χ3n) is 4.32. The first-order chi connectivity index (χ1) is 12.2. The highest BCUT2D eigenvalue weighted by Crippen LogP contribution is 2.39. The summed E-state index contributed by atoms with van der Waals surface area (Å²) in [6, 6.07) is 20.0. The normalized spacial score (nSPS) is 17.0. The van der Waals surface area contributed by atoms with Crippen molar-refractivity contribution in [2.75, 3.05) is 12.3 Å². The summed E-state index contributed by atoms with van der Waals surface area (Å²) in [6.45, 7) is 0.781. The zero-order valence-electron chi connectivity index (χ0n) is 13.5. The minimum absolute atomic E-state index is 0.0877. The van der Waals surface area contributed by atoms with Gasteiger partial charge in [0.05, 0.1) is 0 Å². The molecule has 0 aliphatic carbocycles. The number of rotatable bonds is 3. The van der Waals surface area contributed by atoms with Gasteiger partial charge >= 0.3 is 0 Å². The van der Waals surface area contributed by atoms with Gasteiger partial charge in [-0.05, 0) is 54.1 Å². The Labute approximate surface area is 159 Å². The lowest BCUT2D eigenvalue weighted by atomic mass is 10.1. The summed E-state index contributed by atoms with van der Waals surface area (Å²) in [4.78, 5) is 15.0. The van der Waals surface area contributed by atoms with Gasteiger partial charge in [-0.3, -0.25) is 4.79 Å². The number of carbonyl (C=O) groups excluding carboxylic acids is 1. The smallest absolute Gasteiger partial charge is 0.255 e. The Morgan fingerprint density at radius 3 is 2.36 bits per heavy atom. The fourth-order valence-electron chi connectivity index (χ4n) is 3.03. The van der Waals surface area contributed by atoms with Gasteiger partial charge < -0.3 is 9.47 Å². The van der Waals surface area contributed by atoms with Crippen LogP contribution in [-0.2, 0) is 0 Å². The van der Waals surface area contributed by atoms with Crippen molar-refractivity contribution >= 4 is 33.6 Å². The lowest BCUT2D eigenvalue weighted by Crippen LogP contribution is -2.30. The van der Waals surface area contributed by atoms with Gasteiger partial charge in [-0.25, -0.2) is 0 Å². The molecule has 0 N–H and O–H groups in total. The van der Waals surface area contributed by atoms with E-state index in [-0.39, 0.29) is 11.3 Å². The van der Waals surface area contributed by atoms with Crippen molar-refractivity contribution < 1.29 is 4.79 Å². The van der Waals surface area contributed by atoms with Crippen LogP contribution >= 0.6 is 27.7 Å². The number of hydrogen-bond acceptors (Lipinski definition) is 2. The zero-order valence-corrected chi connectivity index (χ0v) is 15.9. The van der Waals surface area contributed by atoms with Gasteiger partial charge in [0.1, 0.15) is 5.37 Å². The van der Waals surface area contributed by atoms with Gasteiger partial charge in [-0.1, -0.05) is 28.1 Å². The number of thioether (sulfide) groups is 1. The molecule has 4 rings (SSSR count). The van der Waals surface area contributed by atoms with Crippen LogP contribution in [0.1, 0.15) is 21.3 Å². The predicted octanol–water partition coefficient (Wildman–Crippen LogP) is 5.13. The van der Waals surface area contributed by atoms with E-state index in [2.05, 4.69) is 28.1 Å². The molecule has 1 fully saturated rings. The Morgan fingerprint density at radius 2 is 1.68 bits per heavy atom. The van der Waals surface area contributed by atoms with Crippen molar-refractivity contribution in [2.24, 2.45) is 0 Å². The molecule has 1 aliphatic rings. The first kappa shape index (κ1) is 16.5. The van der Waals surface area contributed by atoms with Crippen LogP contribution in [0, 0.1) is 0 Å². The van der Waals surface area contributed by atoms with E-state index in [0.717, 1.165) is 28.0 Å². The van der Waals surface area contributed by atoms with E-state index in [1.165, 1.54) is 5.56 Å². The van der Waals surface area contributed by atoms with Crippen molar-refractivity contribution in [1.29, 1.82) is 0 Å². The molecule has 0 saturated carbocycles. The fourth-order valence-corrected chi connectivity index (χ4v) is 4.55. The maximum atomic E-state index is 13.0. The van der Waals surface area contributed by atoms with E-state index in [1.54, 1.807) is 0 Å². The van der Waals surface area contributed by atoms with Crippen LogP contribution in [0.15, 0.2) is 77.5 Å². The Hall–Kier alpha value is -1.98. The Kier molecular flexibility index (Phi) is 4.68. The maximum absolute atomic E-state index is 13.0. The molecule has 2 heterocycles. The molecule has 1 amide bonds. The molecule has 1 atom stereocenters. The molecule has 1 saturated heterocycles. The number of halogens is 1. The van der Waals surface area contributed by atoms with Crippen LogP contribution in [0.2, 0.25) is 0 Å². The third-order valence-corrected chi connectivity index (χ3v) is 6.11. The minimum atomic E-state index is 0.0877. The van der Waals surface area contributed by atoms with Crippen molar-refractivity contribution in [3.05, 3.63) is 88.7 Å². The molecule has 1 aromatic heterocycles. The average Bonchev–Trinajstić information content (AvgIpc) is 3.34. The van der Waals surface area contributed by atoms with Gasteiger partial charge in [0.15, 0.2) is 0 Å². The second-order valence-corrected chi connectivity index (χ2v) is 8.01. The van der Waals surface area contributed by atoms with Crippen LogP contribution in [0.5, 0.6) is 0 Å². The largest absolute Gasteiger partial charge is 0.324 e. The molecule has 5 heteroatoms. The first-order valence-electron chi connectivity index (χ1n) is 8.14. The fraction of sp³-hybridized carbons (Fsp3) is 0.150. The first-order valence-corrected chi connectivity index (χ1v) is 9.98. The summed E-state index contributed by atoms with van der Waals surface area (Å²) in [7, 11) is 0. The summed E-state index contributed by atoms with van der Waals surface area (Å²) in [5.74, 6) is 1.06. The van der Waals surface area contributed by atoms with E-state index < -0.39 is 0 Å². The topological polar surface area (TPSA) is 25.2 Å². The van der Waals surface area contributed by atoms with Gasteiger partial charge in [0, 0.05) is 40.4 Å². The number of carbonyl (C=O) groups is 1. The van der Waals surface area contributed by atoms with E-state index in [1.807, 2.05) is 82.2 Å². The van der Waals surface area contributed by atoms with Gasteiger partial charge in [0.2, 0.25) is 0 Å². The molecule has 0 radical (unpaired) electrons. The number of amides is 1. The predicted molar refractivity (Wildman–Crippen MR) is 106 cm³/mol. The summed E-state index contributed by atoms with van der Waals surface area (Å²) >= 11 is 5.29. The highest BCUT2D eigenvalue weighted by molar-refractivity contribution is 9.10.